The summed E-state index contributed by atoms with van der Waals surface area (Å²) in [5.74, 6) is -0.0939. The average Bonchev–Trinajstić information content (AvgIpc) is 3.43. The molecule has 0 bridgehead atoms. The number of carbonyl (C=O) groups excluding carboxylic acids is 2. The molecule has 10 heteroatoms. The number of carbonyl (C=O) groups is 2. The van der Waals surface area contributed by atoms with Gasteiger partial charge < -0.3 is 14.5 Å². The average molecular weight is 611 g/mol. The smallest absolute Gasteiger partial charge is 0.246 e. The maximum absolute atomic E-state index is 14.7. The highest BCUT2D eigenvalue weighted by atomic mass is 35.5. The Kier molecular flexibility index (Phi) is 10.3. The second kappa shape index (κ2) is 13.8. The van der Waals surface area contributed by atoms with Gasteiger partial charge in [0.2, 0.25) is 5.91 Å². The summed E-state index contributed by atoms with van der Waals surface area (Å²) in [5, 5.41) is 16.5. The lowest BCUT2D eigenvalue weighted by Crippen LogP contribution is -2.73. The summed E-state index contributed by atoms with van der Waals surface area (Å²) in [7, 11) is 2.13. The molecule has 3 aliphatic heterocycles. The Labute approximate surface area is 261 Å². The van der Waals surface area contributed by atoms with Crippen molar-refractivity contribution in [2.24, 2.45) is 11.3 Å². The fourth-order valence-corrected chi connectivity index (χ4v) is 8.02. The maximum Gasteiger partial charge on any atom is 0.246 e. The van der Waals surface area contributed by atoms with Crippen LogP contribution in [0.5, 0.6) is 0 Å². The number of piperazine rings is 1. The number of likely N-dealkylation sites (N-methyl/N-ethyl adjacent to an activating group) is 1. The van der Waals surface area contributed by atoms with Gasteiger partial charge in [0.25, 0.3) is 0 Å². The monoisotopic (exact) mass is 610 g/mol. The largest absolute Gasteiger partial charge is 0.348 e. The molecule has 43 heavy (non-hydrogen) atoms. The number of amides is 1. The number of hydrogen-bond acceptors (Lipinski definition) is 8. The Hall–Kier alpha value is -2.32. The van der Waals surface area contributed by atoms with E-state index in [2.05, 4.69) is 59.2 Å². The second-order valence-corrected chi connectivity index (χ2v) is 13.5. The van der Waals surface area contributed by atoms with Crippen LogP contribution in [0.1, 0.15) is 50.7 Å². The zero-order valence-electron chi connectivity index (χ0n) is 25.8. The van der Waals surface area contributed by atoms with E-state index in [0.29, 0.717) is 45.1 Å². The van der Waals surface area contributed by atoms with E-state index in [1.54, 1.807) is 4.90 Å². The number of likely N-dealkylation sites (tertiary alicyclic amines) is 1. The Bertz CT molecular complexity index is 1220. The van der Waals surface area contributed by atoms with Gasteiger partial charge in [0.15, 0.2) is 12.1 Å². The highest BCUT2D eigenvalue weighted by molar-refractivity contribution is 6.23. The van der Waals surface area contributed by atoms with Crippen molar-refractivity contribution < 1.29 is 14.3 Å². The van der Waals surface area contributed by atoms with Crippen molar-refractivity contribution in [3.63, 3.8) is 0 Å². The Morgan fingerprint density at radius 1 is 1.21 bits per heavy atom. The number of fused-ring (bicyclic) bond motifs is 1. The van der Waals surface area contributed by atoms with Gasteiger partial charge in [-0.15, -0.1) is 11.6 Å². The van der Waals surface area contributed by atoms with Gasteiger partial charge in [0.05, 0.1) is 42.7 Å². The van der Waals surface area contributed by atoms with E-state index in [1.807, 2.05) is 19.1 Å². The Morgan fingerprint density at radius 3 is 2.65 bits per heavy atom. The van der Waals surface area contributed by atoms with Crippen LogP contribution in [0.15, 0.2) is 36.9 Å². The summed E-state index contributed by atoms with van der Waals surface area (Å²) in [4.78, 5) is 33.7. The predicted octanol–water partition coefficient (Wildman–Crippen LogP) is 2.89. The van der Waals surface area contributed by atoms with E-state index >= 15 is 0 Å². The van der Waals surface area contributed by atoms with Crippen molar-refractivity contribution in [3.05, 3.63) is 48.0 Å². The van der Waals surface area contributed by atoms with E-state index in [0.717, 1.165) is 25.8 Å². The van der Waals surface area contributed by atoms with Crippen LogP contribution in [0, 0.1) is 22.7 Å². The number of nitrogens with zero attached hydrogens (tertiary/aromatic N) is 4. The van der Waals surface area contributed by atoms with Gasteiger partial charge in [-0.1, -0.05) is 44.7 Å². The molecule has 3 fully saturated rings. The van der Waals surface area contributed by atoms with Gasteiger partial charge in [-0.3, -0.25) is 25.1 Å². The number of hydrogen-bond donors (Lipinski definition) is 2. The standard InChI is InChI=1S/C33H47ClN6O3/c1-5-26-29(30(42)33(3)19-23-11-8-7-10-22(23)18-27(33)34)36-32(43-21-25-12-9-15-38(25)4)37-31(26)39-16-17-40(28(41)6-2)24(20-39)13-14-35/h6-8,10-11,24-27,29,31-32,36-37H,2,5,9,12-13,15-21H2,1,3-4H3/t24?,25?,26?,27?,29?,31?,32?,33-/m1/s1. The number of ether oxygens (including phenoxy) is 1. The van der Waals surface area contributed by atoms with Crippen LogP contribution in [-0.4, -0.2) is 102 Å². The normalized spacial score (nSPS) is 35.2. The van der Waals surface area contributed by atoms with Crippen LogP contribution in [0.25, 0.3) is 0 Å². The van der Waals surface area contributed by atoms with Crippen LogP contribution in [-0.2, 0) is 27.2 Å². The number of nitrogens with one attached hydrogen (secondary N) is 2. The van der Waals surface area contributed by atoms with Crippen molar-refractivity contribution in [1.82, 2.24) is 25.3 Å². The van der Waals surface area contributed by atoms with Gasteiger partial charge in [-0.2, -0.15) is 5.26 Å². The summed E-state index contributed by atoms with van der Waals surface area (Å²) in [6.45, 7) is 11.1. The molecule has 0 aromatic heterocycles. The first kappa shape index (κ1) is 32.1. The molecular formula is C33H47ClN6O3. The van der Waals surface area contributed by atoms with E-state index in [9.17, 15) is 14.9 Å². The maximum atomic E-state index is 14.7. The van der Waals surface area contributed by atoms with Crippen molar-refractivity contribution >= 4 is 23.3 Å². The third-order valence-electron chi connectivity index (χ3n) is 10.4. The molecule has 234 valence electrons. The highest BCUT2D eigenvalue weighted by Crippen LogP contribution is 2.42. The lowest BCUT2D eigenvalue weighted by Gasteiger charge is -2.52. The van der Waals surface area contributed by atoms with E-state index in [-0.39, 0.29) is 41.6 Å². The number of halogens is 1. The van der Waals surface area contributed by atoms with Crippen molar-refractivity contribution in [2.75, 3.05) is 39.8 Å². The predicted molar refractivity (Wildman–Crippen MR) is 167 cm³/mol. The van der Waals surface area contributed by atoms with Crippen LogP contribution >= 0.6 is 11.6 Å². The number of Topliss-reactive ketones (excluding diaryl/α,β-unsaturated/α-hetero) is 1. The first-order chi connectivity index (χ1) is 20.7. The molecule has 3 heterocycles. The van der Waals surface area contributed by atoms with Crippen molar-refractivity contribution in [1.29, 1.82) is 5.26 Å². The molecule has 9 nitrogen and oxygen atoms in total. The van der Waals surface area contributed by atoms with Crippen LogP contribution in [0.4, 0.5) is 0 Å². The number of alkyl halides is 1. The SMILES string of the molecule is C=CC(=O)N1CCN(C2NC(OCC3CCCN3C)NC(C(=O)[C@]3(C)Cc4ccccc4CC3Cl)C2CC)CC1CC#N. The van der Waals surface area contributed by atoms with Gasteiger partial charge in [0, 0.05) is 37.0 Å². The Balaban J connectivity index is 1.42. The molecular weight excluding hydrogens is 564 g/mol. The highest BCUT2D eigenvalue weighted by Gasteiger charge is 2.52. The summed E-state index contributed by atoms with van der Waals surface area (Å²) in [6.07, 6.45) is 5.13. The van der Waals surface area contributed by atoms with Gasteiger partial charge in [-0.05, 0) is 62.9 Å². The van der Waals surface area contributed by atoms with Crippen molar-refractivity contribution in [2.45, 2.75) is 88.4 Å². The summed E-state index contributed by atoms with van der Waals surface area (Å²) in [6, 6.07) is 10.2. The minimum absolute atomic E-state index is 0.0660. The summed E-state index contributed by atoms with van der Waals surface area (Å²) < 4.78 is 6.48. The van der Waals surface area contributed by atoms with Gasteiger partial charge in [0.1, 0.15) is 0 Å². The van der Waals surface area contributed by atoms with Crippen LogP contribution < -0.4 is 10.6 Å². The summed E-state index contributed by atoms with van der Waals surface area (Å²) in [5.41, 5.74) is 1.67. The van der Waals surface area contributed by atoms with Crippen molar-refractivity contribution in [3.8, 4) is 6.07 Å². The number of nitriles is 1. The third-order valence-corrected chi connectivity index (χ3v) is 11.0. The molecule has 1 amide bonds. The van der Waals surface area contributed by atoms with Gasteiger partial charge >= 0.3 is 0 Å². The molecule has 0 spiro atoms. The number of benzene rings is 1. The van der Waals surface area contributed by atoms with E-state index in [1.165, 1.54) is 17.2 Å². The van der Waals surface area contributed by atoms with E-state index in [4.69, 9.17) is 16.3 Å². The molecule has 1 aliphatic carbocycles. The lowest BCUT2D eigenvalue weighted by atomic mass is 9.66. The second-order valence-electron chi connectivity index (χ2n) is 13.0. The molecule has 4 aliphatic rings. The fraction of sp³-hybridized carbons (Fsp3) is 0.667. The molecule has 3 saturated heterocycles. The zero-order chi connectivity index (χ0) is 30.7. The first-order valence-electron chi connectivity index (χ1n) is 15.8. The minimum Gasteiger partial charge on any atom is -0.348 e. The molecule has 0 radical (unpaired) electrons. The molecule has 1 aromatic rings. The molecule has 7 unspecified atom stereocenters. The first-order valence-corrected chi connectivity index (χ1v) is 16.3. The van der Waals surface area contributed by atoms with Crippen LogP contribution in [0.3, 0.4) is 0 Å². The molecule has 5 rings (SSSR count). The molecule has 1 aromatic carbocycles. The molecule has 2 N–H and O–H groups in total. The Morgan fingerprint density at radius 2 is 1.98 bits per heavy atom. The number of ketones is 1. The third kappa shape index (κ3) is 6.56. The van der Waals surface area contributed by atoms with Crippen LogP contribution in [0.2, 0.25) is 0 Å². The zero-order valence-corrected chi connectivity index (χ0v) is 26.6. The summed E-state index contributed by atoms with van der Waals surface area (Å²) >= 11 is 7.07. The lowest BCUT2D eigenvalue weighted by molar-refractivity contribution is -0.145. The molecule has 0 saturated carbocycles. The van der Waals surface area contributed by atoms with E-state index < -0.39 is 17.8 Å². The molecule has 8 atom stereocenters. The quantitative estimate of drug-likeness (QED) is 0.325. The minimum atomic E-state index is -0.739. The topological polar surface area (TPSA) is 101 Å². The fourth-order valence-electron chi connectivity index (χ4n) is 7.66. The number of rotatable bonds is 9. The van der Waals surface area contributed by atoms with Gasteiger partial charge in [-0.25, -0.2) is 0 Å².